The van der Waals surface area contributed by atoms with Crippen molar-refractivity contribution in [1.29, 1.82) is 0 Å². The monoisotopic (exact) mass is 300 g/mol. The molecule has 0 bridgehead atoms. The Morgan fingerprint density at radius 2 is 2.00 bits per heavy atom. The topological polar surface area (TPSA) is 88.3 Å². The minimum Gasteiger partial charge on any atom is -0.370 e. The van der Waals surface area contributed by atoms with E-state index in [4.69, 9.17) is 5.73 Å². The highest BCUT2D eigenvalue weighted by Gasteiger charge is 2.13. The Labute approximate surface area is 129 Å². The van der Waals surface area contributed by atoms with Crippen molar-refractivity contribution in [1.82, 2.24) is 10.3 Å². The molecule has 2 rings (SSSR count). The van der Waals surface area contributed by atoms with Crippen molar-refractivity contribution in [3.63, 3.8) is 0 Å². The number of para-hydroxylation sites is 1. The van der Waals surface area contributed by atoms with Gasteiger partial charge in [-0.15, -0.1) is 0 Å². The molecule has 3 N–H and O–H groups in total. The normalized spacial score (nSPS) is 10.5. The lowest BCUT2D eigenvalue weighted by atomic mass is 10.1. The number of fused-ring (bicyclic) bond motifs is 1. The van der Waals surface area contributed by atoms with Gasteiger partial charge in [-0.1, -0.05) is 18.2 Å². The lowest BCUT2D eigenvalue weighted by Crippen LogP contribution is -2.26. The Balaban J connectivity index is 2.24. The molecular formula is C16H20N4O2. The van der Waals surface area contributed by atoms with Crippen LogP contribution in [-0.4, -0.2) is 37.4 Å². The summed E-state index contributed by atoms with van der Waals surface area (Å²) in [6.07, 6.45) is 0.797. The van der Waals surface area contributed by atoms with Gasteiger partial charge < -0.3 is 16.0 Å². The van der Waals surface area contributed by atoms with Crippen LogP contribution in [0.1, 0.15) is 23.2 Å². The number of nitrogens with two attached hydrogens (primary N) is 1. The van der Waals surface area contributed by atoms with Crippen LogP contribution < -0.4 is 16.0 Å². The second-order valence-electron chi connectivity index (χ2n) is 5.27. The smallest absolute Gasteiger partial charge is 0.252 e. The number of aromatic nitrogens is 1. The zero-order chi connectivity index (χ0) is 16.1. The number of anilines is 1. The Hall–Kier alpha value is -2.63. The third-order valence-electron chi connectivity index (χ3n) is 3.29. The Morgan fingerprint density at radius 3 is 2.68 bits per heavy atom. The van der Waals surface area contributed by atoms with E-state index in [1.807, 2.05) is 43.3 Å². The SMILES string of the molecule is CN(C)c1cc(C(=O)NCCCC(N)=O)c2ccccc2n1. The summed E-state index contributed by atoms with van der Waals surface area (Å²) in [4.78, 5) is 29.5. The van der Waals surface area contributed by atoms with Crippen LogP contribution in [0, 0.1) is 0 Å². The van der Waals surface area contributed by atoms with E-state index in [2.05, 4.69) is 10.3 Å². The number of primary amides is 1. The second-order valence-corrected chi connectivity index (χ2v) is 5.27. The maximum Gasteiger partial charge on any atom is 0.252 e. The van der Waals surface area contributed by atoms with E-state index in [-0.39, 0.29) is 18.2 Å². The molecule has 0 aliphatic heterocycles. The third-order valence-corrected chi connectivity index (χ3v) is 3.29. The lowest BCUT2D eigenvalue weighted by Gasteiger charge is -2.15. The maximum atomic E-state index is 12.4. The van der Waals surface area contributed by atoms with E-state index < -0.39 is 0 Å². The predicted octanol–water partition coefficient (Wildman–Crippen LogP) is 1.30. The number of benzene rings is 1. The molecule has 116 valence electrons. The fourth-order valence-corrected chi connectivity index (χ4v) is 2.14. The molecule has 0 fully saturated rings. The fourth-order valence-electron chi connectivity index (χ4n) is 2.14. The van der Waals surface area contributed by atoms with Gasteiger partial charge in [-0.3, -0.25) is 9.59 Å². The summed E-state index contributed by atoms with van der Waals surface area (Å²) in [5, 5.41) is 3.63. The molecule has 0 atom stereocenters. The summed E-state index contributed by atoms with van der Waals surface area (Å²) in [5.74, 6) is 0.186. The van der Waals surface area contributed by atoms with E-state index in [1.165, 1.54) is 0 Å². The molecule has 1 aromatic heterocycles. The van der Waals surface area contributed by atoms with E-state index in [9.17, 15) is 9.59 Å². The van der Waals surface area contributed by atoms with Gasteiger partial charge in [0.25, 0.3) is 5.91 Å². The van der Waals surface area contributed by atoms with Crippen LogP contribution in [-0.2, 0) is 4.79 Å². The first kappa shape index (κ1) is 15.8. The number of hydrogen-bond acceptors (Lipinski definition) is 4. The van der Waals surface area contributed by atoms with Gasteiger partial charge in [-0.05, 0) is 18.6 Å². The van der Waals surface area contributed by atoms with Crippen molar-refractivity contribution in [3.8, 4) is 0 Å². The highest BCUT2D eigenvalue weighted by Crippen LogP contribution is 2.22. The molecule has 0 radical (unpaired) electrons. The van der Waals surface area contributed by atoms with Crippen LogP contribution in [0.4, 0.5) is 5.82 Å². The molecule has 1 heterocycles. The van der Waals surface area contributed by atoms with E-state index >= 15 is 0 Å². The molecular weight excluding hydrogens is 280 g/mol. The van der Waals surface area contributed by atoms with Crippen LogP contribution in [0.3, 0.4) is 0 Å². The minimum absolute atomic E-state index is 0.175. The van der Waals surface area contributed by atoms with Gasteiger partial charge in [0.05, 0.1) is 11.1 Å². The number of amides is 2. The van der Waals surface area contributed by atoms with Crippen molar-refractivity contribution < 1.29 is 9.59 Å². The first-order valence-corrected chi connectivity index (χ1v) is 7.12. The first-order chi connectivity index (χ1) is 10.5. The molecule has 0 spiro atoms. The average Bonchev–Trinajstić information content (AvgIpc) is 2.50. The maximum absolute atomic E-state index is 12.4. The molecule has 6 heteroatoms. The Bertz CT molecular complexity index is 698. The van der Waals surface area contributed by atoms with Crippen molar-refractivity contribution in [2.24, 2.45) is 5.73 Å². The zero-order valence-corrected chi connectivity index (χ0v) is 12.8. The van der Waals surface area contributed by atoms with Crippen molar-refractivity contribution in [3.05, 3.63) is 35.9 Å². The van der Waals surface area contributed by atoms with Gasteiger partial charge in [0, 0.05) is 32.4 Å². The molecule has 0 saturated heterocycles. The Morgan fingerprint density at radius 1 is 1.27 bits per heavy atom. The lowest BCUT2D eigenvalue weighted by molar-refractivity contribution is -0.118. The molecule has 6 nitrogen and oxygen atoms in total. The fraction of sp³-hybridized carbons (Fsp3) is 0.312. The number of carbonyl (C=O) groups is 2. The molecule has 0 saturated carbocycles. The third kappa shape index (κ3) is 3.72. The van der Waals surface area contributed by atoms with E-state index in [0.29, 0.717) is 18.5 Å². The van der Waals surface area contributed by atoms with Gasteiger partial charge in [0.1, 0.15) is 5.82 Å². The summed E-state index contributed by atoms with van der Waals surface area (Å²) in [7, 11) is 3.76. The predicted molar refractivity (Wildman–Crippen MR) is 86.8 cm³/mol. The molecule has 0 aliphatic carbocycles. The standard InChI is InChI=1S/C16H20N4O2/c1-20(2)15-10-12(11-6-3-4-7-13(11)19-15)16(22)18-9-5-8-14(17)21/h3-4,6-7,10H,5,8-9H2,1-2H3,(H2,17,21)(H,18,22). The number of nitrogens with one attached hydrogen (secondary N) is 1. The first-order valence-electron chi connectivity index (χ1n) is 7.12. The number of rotatable bonds is 6. The largest absolute Gasteiger partial charge is 0.370 e. The van der Waals surface area contributed by atoms with Crippen molar-refractivity contribution in [2.45, 2.75) is 12.8 Å². The highest BCUT2D eigenvalue weighted by atomic mass is 16.2. The number of hydrogen-bond donors (Lipinski definition) is 2. The highest BCUT2D eigenvalue weighted by molar-refractivity contribution is 6.07. The number of nitrogens with zero attached hydrogens (tertiary/aromatic N) is 2. The van der Waals surface area contributed by atoms with Crippen molar-refractivity contribution >= 4 is 28.5 Å². The number of carbonyl (C=O) groups excluding carboxylic acids is 2. The zero-order valence-electron chi connectivity index (χ0n) is 12.8. The molecule has 2 amide bonds. The summed E-state index contributed by atoms with van der Waals surface area (Å²) < 4.78 is 0. The summed E-state index contributed by atoms with van der Waals surface area (Å²) in [5.41, 5.74) is 6.43. The van der Waals surface area contributed by atoms with Gasteiger partial charge in [-0.2, -0.15) is 0 Å². The minimum atomic E-state index is -0.362. The van der Waals surface area contributed by atoms with Crippen LogP contribution in [0.5, 0.6) is 0 Å². The second kappa shape index (κ2) is 6.89. The van der Waals surface area contributed by atoms with E-state index in [0.717, 1.165) is 16.7 Å². The molecule has 0 unspecified atom stereocenters. The van der Waals surface area contributed by atoms with Crippen LogP contribution >= 0.6 is 0 Å². The van der Waals surface area contributed by atoms with E-state index in [1.54, 1.807) is 6.07 Å². The van der Waals surface area contributed by atoms with Gasteiger partial charge in [-0.25, -0.2) is 4.98 Å². The summed E-state index contributed by atoms with van der Waals surface area (Å²) >= 11 is 0. The Kier molecular flexibility index (Phi) is 4.93. The number of pyridine rings is 1. The summed E-state index contributed by atoms with van der Waals surface area (Å²) in [6.45, 7) is 0.412. The molecule has 2 aromatic rings. The summed E-state index contributed by atoms with van der Waals surface area (Å²) in [6, 6.07) is 9.30. The molecule has 0 aliphatic rings. The van der Waals surface area contributed by atoms with Crippen molar-refractivity contribution in [2.75, 3.05) is 25.5 Å². The molecule has 1 aromatic carbocycles. The molecule has 22 heavy (non-hydrogen) atoms. The van der Waals surface area contributed by atoms with Crippen LogP contribution in [0.15, 0.2) is 30.3 Å². The van der Waals surface area contributed by atoms with Gasteiger partial charge >= 0.3 is 0 Å². The van der Waals surface area contributed by atoms with Crippen LogP contribution in [0.2, 0.25) is 0 Å². The van der Waals surface area contributed by atoms with Gasteiger partial charge in [0.2, 0.25) is 5.91 Å². The van der Waals surface area contributed by atoms with Gasteiger partial charge in [0.15, 0.2) is 0 Å². The quantitative estimate of drug-likeness (QED) is 0.787. The average molecular weight is 300 g/mol. The van der Waals surface area contributed by atoms with Crippen LogP contribution in [0.25, 0.3) is 10.9 Å².